The summed E-state index contributed by atoms with van der Waals surface area (Å²) in [7, 11) is 0. The van der Waals surface area contributed by atoms with Crippen molar-refractivity contribution in [2.24, 2.45) is 0 Å². The Bertz CT molecular complexity index is 1230. The summed E-state index contributed by atoms with van der Waals surface area (Å²) in [6.45, 7) is -0.00802. The van der Waals surface area contributed by atoms with E-state index < -0.39 is 0 Å². The maximum Gasteiger partial charge on any atom is 0.255 e. The molecule has 3 amide bonds. The van der Waals surface area contributed by atoms with Gasteiger partial charge in [-0.05, 0) is 61.4 Å². The van der Waals surface area contributed by atoms with Gasteiger partial charge in [-0.15, -0.1) is 0 Å². The Morgan fingerprint density at radius 3 is 2.22 bits per heavy atom. The van der Waals surface area contributed by atoms with E-state index in [9.17, 15) is 14.4 Å². The first-order valence-corrected chi connectivity index (χ1v) is 12.5. The van der Waals surface area contributed by atoms with Gasteiger partial charge in [0.1, 0.15) is 0 Å². The molecule has 0 bridgehead atoms. The van der Waals surface area contributed by atoms with Gasteiger partial charge in [-0.1, -0.05) is 55.1 Å². The second-order valence-electron chi connectivity index (χ2n) is 8.81. The minimum atomic E-state index is -0.273. The molecule has 0 aliphatic heterocycles. The van der Waals surface area contributed by atoms with Gasteiger partial charge in [0.05, 0.1) is 17.1 Å². The van der Waals surface area contributed by atoms with Crippen LogP contribution in [-0.2, 0) is 4.79 Å². The van der Waals surface area contributed by atoms with E-state index in [0.29, 0.717) is 33.2 Å². The highest BCUT2D eigenvalue weighted by Gasteiger charge is 2.19. The average Bonchev–Trinajstić information content (AvgIpc) is 2.89. The summed E-state index contributed by atoms with van der Waals surface area (Å²) in [5.41, 5.74) is 2.67. The molecular weight excluding hydrogens is 476 g/mol. The molecule has 4 N–H and O–H groups in total. The van der Waals surface area contributed by atoms with Crippen LogP contribution in [0.1, 0.15) is 52.8 Å². The minimum absolute atomic E-state index is 0.00802. The molecule has 1 saturated carbocycles. The molecule has 36 heavy (non-hydrogen) atoms. The normalized spacial score (nSPS) is 13.5. The lowest BCUT2D eigenvalue weighted by Crippen LogP contribution is -2.36. The van der Waals surface area contributed by atoms with E-state index in [4.69, 9.17) is 11.6 Å². The first-order valence-electron chi connectivity index (χ1n) is 12.1. The monoisotopic (exact) mass is 504 g/mol. The summed E-state index contributed by atoms with van der Waals surface area (Å²) in [4.78, 5) is 37.6. The highest BCUT2D eigenvalue weighted by atomic mass is 35.5. The number of amides is 3. The lowest BCUT2D eigenvalue weighted by molar-refractivity contribution is -0.114. The van der Waals surface area contributed by atoms with Crippen molar-refractivity contribution in [2.75, 3.05) is 22.5 Å². The van der Waals surface area contributed by atoms with Crippen molar-refractivity contribution in [3.8, 4) is 0 Å². The topological polar surface area (TPSA) is 99.3 Å². The molecule has 1 aliphatic rings. The number of nitrogens with one attached hydrogen (secondary N) is 4. The molecule has 0 unspecified atom stereocenters. The van der Waals surface area contributed by atoms with Crippen molar-refractivity contribution in [3.63, 3.8) is 0 Å². The summed E-state index contributed by atoms with van der Waals surface area (Å²) < 4.78 is 0. The number of anilines is 3. The fraction of sp³-hybridized carbons (Fsp3) is 0.250. The van der Waals surface area contributed by atoms with E-state index in [1.165, 1.54) is 6.42 Å². The molecule has 0 spiro atoms. The number of halogens is 1. The molecule has 3 aromatic carbocycles. The largest absolute Gasteiger partial charge is 0.376 e. The first-order chi connectivity index (χ1) is 17.5. The number of benzene rings is 3. The van der Waals surface area contributed by atoms with Crippen LogP contribution in [0.3, 0.4) is 0 Å². The molecule has 0 heterocycles. The fourth-order valence-electron chi connectivity index (χ4n) is 4.17. The standard InChI is InChI=1S/C28H29ClN4O3/c29-25-15-14-21(17-24(25)28(36)32-20-10-5-2-6-11-20)30-18-26(34)31-22-12-7-13-23(16-22)33-27(35)19-8-3-1-4-9-19/h1,3-4,7-9,12-17,20,30H,2,5-6,10-11,18H2,(H,31,34)(H,32,36)(H,33,35). The van der Waals surface area contributed by atoms with Crippen molar-refractivity contribution in [1.29, 1.82) is 0 Å². The Kier molecular flexibility index (Phi) is 8.57. The van der Waals surface area contributed by atoms with Crippen molar-refractivity contribution in [1.82, 2.24) is 5.32 Å². The highest BCUT2D eigenvalue weighted by Crippen LogP contribution is 2.23. The molecular formula is C28H29ClN4O3. The van der Waals surface area contributed by atoms with Gasteiger partial charge in [0.25, 0.3) is 11.8 Å². The molecule has 3 aromatic rings. The third kappa shape index (κ3) is 7.09. The third-order valence-electron chi connectivity index (χ3n) is 6.04. The number of hydrogen-bond acceptors (Lipinski definition) is 4. The smallest absolute Gasteiger partial charge is 0.255 e. The van der Waals surface area contributed by atoms with Gasteiger partial charge in [-0.2, -0.15) is 0 Å². The van der Waals surface area contributed by atoms with E-state index in [-0.39, 0.29) is 30.3 Å². The number of carbonyl (C=O) groups is 3. The van der Waals surface area contributed by atoms with Crippen LogP contribution in [0, 0.1) is 0 Å². The molecule has 1 aliphatic carbocycles. The predicted molar refractivity (Wildman–Crippen MR) is 144 cm³/mol. The van der Waals surface area contributed by atoms with Crippen LogP contribution in [0.15, 0.2) is 72.8 Å². The molecule has 0 radical (unpaired) electrons. The van der Waals surface area contributed by atoms with Crippen molar-refractivity contribution in [2.45, 2.75) is 38.1 Å². The summed E-state index contributed by atoms with van der Waals surface area (Å²) >= 11 is 6.27. The minimum Gasteiger partial charge on any atom is -0.376 e. The Hall–Kier alpha value is -3.84. The maximum absolute atomic E-state index is 12.7. The summed E-state index contributed by atoms with van der Waals surface area (Å²) in [5.74, 6) is -0.703. The van der Waals surface area contributed by atoms with E-state index in [0.717, 1.165) is 25.7 Å². The maximum atomic E-state index is 12.7. The van der Waals surface area contributed by atoms with Gasteiger partial charge in [0, 0.05) is 28.7 Å². The lowest BCUT2D eigenvalue weighted by atomic mass is 9.95. The Labute approximate surface area is 215 Å². The summed E-state index contributed by atoms with van der Waals surface area (Å²) in [6.07, 6.45) is 5.42. The van der Waals surface area contributed by atoms with E-state index in [1.807, 2.05) is 6.07 Å². The number of rotatable bonds is 8. The lowest BCUT2D eigenvalue weighted by Gasteiger charge is -2.23. The van der Waals surface area contributed by atoms with Crippen molar-refractivity contribution in [3.05, 3.63) is 88.9 Å². The van der Waals surface area contributed by atoms with Crippen LogP contribution in [-0.4, -0.2) is 30.3 Å². The van der Waals surface area contributed by atoms with Crippen molar-refractivity contribution >= 4 is 46.4 Å². The molecule has 4 rings (SSSR count). The molecule has 186 valence electrons. The van der Waals surface area contributed by atoms with E-state index in [1.54, 1.807) is 66.7 Å². The zero-order valence-corrected chi connectivity index (χ0v) is 20.6. The zero-order valence-electron chi connectivity index (χ0n) is 19.9. The van der Waals surface area contributed by atoms with Gasteiger partial charge in [0.2, 0.25) is 5.91 Å². The van der Waals surface area contributed by atoms with Crippen molar-refractivity contribution < 1.29 is 14.4 Å². The SMILES string of the molecule is O=C(CNc1ccc(Cl)c(C(=O)NC2CCCCC2)c1)Nc1cccc(NC(=O)c2ccccc2)c1. The second kappa shape index (κ2) is 12.2. The van der Waals surface area contributed by atoms with E-state index >= 15 is 0 Å². The molecule has 0 saturated heterocycles. The second-order valence-corrected chi connectivity index (χ2v) is 9.21. The van der Waals surface area contributed by atoms with Crippen LogP contribution in [0.25, 0.3) is 0 Å². The summed E-state index contributed by atoms with van der Waals surface area (Å²) in [5, 5.41) is 12.1. The molecule has 1 fully saturated rings. The van der Waals surface area contributed by atoms with Crippen LogP contribution in [0.5, 0.6) is 0 Å². The average molecular weight is 505 g/mol. The van der Waals surface area contributed by atoms with Crippen LogP contribution in [0.4, 0.5) is 17.1 Å². The van der Waals surface area contributed by atoms with Gasteiger partial charge in [0.15, 0.2) is 0 Å². The molecule has 0 atom stereocenters. The summed E-state index contributed by atoms with van der Waals surface area (Å²) in [6, 6.07) is 21.1. The fourth-order valence-corrected chi connectivity index (χ4v) is 4.38. The number of carbonyl (C=O) groups excluding carboxylic acids is 3. The van der Waals surface area contributed by atoms with Crippen LogP contribution in [0.2, 0.25) is 5.02 Å². The zero-order chi connectivity index (χ0) is 25.3. The highest BCUT2D eigenvalue weighted by molar-refractivity contribution is 6.34. The molecule has 8 heteroatoms. The Morgan fingerprint density at radius 2 is 1.47 bits per heavy atom. The Balaban J connectivity index is 1.31. The number of hydrogen-bond donors (Lipinski definition) is 4. The molecule has 0 aromatic heterocycles. The Morgan fingerprint density at radius 1 is 0.750 bits per heavy atom. The molecule has 7 nitrogen and oxygen atoms in total. The quantitative estimate of drug-likeness (QED) is 0.316. The first kappa shape index (κ1) is 25.3. The van der Waals surface area contributed by atoms with Gasteiger partial charge >= 0.3 is 0 Å². The van der Waals surface area contributed by atoms with Gasteiger partial charge in [-0.3, -0.25) is 14.4 Å². The van der Waals surface area contributed by atoms with Crippen LogP contribution < -0.4 is 21.3 Å². The third-order valence-corrected chi connectivity index (χ3v) is 6.37. The van der Waals surface area contributed by atoms with E-state index in [2.05, 4.69) is 21.3 Å². The predicted octanol–water partition coefficient (Wildman–Crippen LogP) is 5.71. The van der Waals surface area contributed by atoms with Gasteiger partial charge in [-0.25, -0.2) is 0 Å². The van der Waals surface area contributed by atoms with Crippen LogP contribution >= 0.6 is 11.6 Å². The van der Waals surface area contributed by atoms with Gasteiger partial charge < -0.3 is 21.3 Å².